The fourth-order valence-corrected chi connectivity index (χ4v) is 1.50. The van der Waals surface area contributed by atoms with Crippen LogP contribution < -0.4 is 0 Å². The number of allylic oxidation sites excluding steroid dienone is 1. The standard InChI is InChI=1S/C12H25NO/c1-4-8-13(9-5-2)10-7-12-14-11-6-3/h6,11H,4-5,7-10,12H2,1-3H3. The van der Waals surface area contributed by atoms with Crippen molar-refractivity contribution in [3.05, 3.63) is 12.3 Å². The van der Waals surface area contributed by atoms with Crippen molar-refractivity contribution < 1.29 is 4.74 Å². The largest absolute Gasteiger partial charge is 0.501 e. The van der Waals surface area contributed by atoms with Crippen molar-refractivity contribution >= 4 is 0 Å². The summed E-state index contributed by atoms with van der Waals surface area (Å²) in [7, 11) is 0. The van der Waals surface area contributed by atoms with Gasteiger partial charge in [0.25, 0.3) is 0 Å². The van der Waals surface area contributed by atoms with Gasteiger partial charge in [0.15, 0.2) is 0 Å². The summed E-state index contributed by atoms with van der Waals surface area (Å²) in [5, 5.41) is 0. The average Bonchev–Trinajstić information content (AvgIpc) is 2.18. The molecule has 0 radical (unpaired) electrons. The third kappa shape index (κ3) is 8.11. The van der Waals surface area contributed by atoms with E-state index in [1.165, 1.54) is 32.5 Å². The van der Waals surface area contributed by atoms with E-state index in [-0.39, 0.29) is 0 Å². The maximum absolute atomic E-state index is 5.28. The summed E-state index contributed by atoms with van der Waals surface area (Å²) < 4.78 is 5.28. The first kappa shape index (κ1) is 13.5. The highest BCUT2D eigenvalue weighted by atomic mass is 16.5. The molecule has 0 heterocycles. The van der Waals surface area contributed by atoms with E-state index < -0.39 is 0 Å². The van der Waals surface area contributed by atoms with Gasteiger partial charge in [-0.25, -0.2) is 0 Å². The molecule has 0 unspecified atom stereocenters. The van der Waals surface area contributed by atoms with Crippen LogP contribution in [0.3, 0.4) is 0 Å². The van der Waals surface area contributed by atoms with Crippen LogP contribution in [-0.4, -0.2) is 31.1 Å². The molecule has 14 heavy (non-hydrogen) atoms. The Morgan fingerprint density at radius 2 is 1.71 bits per heavy atom. The number of nitrogens with zero attached hydrogens (tertiary/aromatic N) is 1. The zero-order valence-corrected chi connectivity index (χ0v) is 9.96. The summed E-state index contributed by atoms with van der Waals surface area (Å²) in [6.07, 6.45) is 7.32. The highest BCUT2D eigenvalue weighted by Gasteiger charge is 2.00. The summed E-state index contributed by atoms with van der Waals surface area (Å²) in [6.45, 7) is 10.9. The molecule has 0 fully saturated rings. The number of hydrogen-bond donors (Lipinski definition) is 0. The lowest BCUT2D eigenvalue weighted by atomic mass is 10.3. The lowest BCUT2D eigenvalue weighted by Crippen LogP contribution is -2.27. The smallest absolute Gasteiger partial charge is 0.0885 e. The second kappa shape index (κ2) is 10.6. The van der Waals surface area contributed by atoms with Gasteiger partial charge in [0, 0.05) is 6.54 Å². The number of rotatable bonds is 9. The van der Waals surface area contributed by atoms with Crippen LogP contribution in [0.1, 0.15) is 40.0 Å². The quantitative estimate of drug-likeness (QED) is 0.418. The predicted molar refractivity (Wildman–Crippen MR) is 62.4 cm³/mol. The van der Waals surface area contributed by atoms with E-state index in [0.717, 1.165) is 13.0 Å². The Balaban J connectivity index is 3.39. The molecule has 84 valence electrons. The molecule has 0 spiro atoms. The minimum Gasteiger partial charge on any atom is -0.501 e. The van der Waals surface area contributed by atoms with Crippen molar-refractivity contribution in [3.8, 4) is 0 Å². The molecule has 0 rings (SSSR count). The third-order valence-corrected chi connectivity index (χ3v) is 2.05. The molecule has 0 aliphatic rings. The van der Waals surface area contributed by atoms with Crippen molar-refractivity contribution in [2.24, 2.45) is 0 Å². The SMILES string of the molecule is CC=COCCCN(CCC)CCC. The van der Waals surface area contributed by atoms with Crippen molar-refractivity contribution in [2.75, 3.05) is 26.2 Å². The van der Waals surface area contributed by atoms with Gasteiger partial charge in [0.05, 0.1) is 12.9 Å². The van der Waals surface area contributed by atoms with Gasteiger partial charge < -0.3 is 9.64 Å². The van der Waals surface area contributed by atoms with Crippen LogP contribution in [0.15, 0.2) is 12.3 Å². The molecular weight excluding hydrogens is 174 g/mol. The van der Waals surface area contributed by atoms with Crippen molar-refractivity contribution in [2.45, 2.75) is 40.0 Å². The lowest BCUT2D eigenvalue weighted by Gasteiger charge is -2.20. The molecule has 0 amide bonds. The van der Waals surface area contributed by atoms with E-state index in [1.54, 1.807) is 6.26 Å². The molecule has 0 saturated carbocycles. The zero-order chi connectivity index (χ0) is 10.6. The molecule has 2 heteroatoms. The fourth-order valence-electron chi connectivity index (χ4n) is 1.50. The Hall–Kier alpha value is -0.500. The summed E-state index contributed by atoms with van der Waals surface area (Å²) >= 11 is 0. The Morgan fingerprint density at radius 1 is 1.07 bits per heavy atom. The van der Waals surface area contributed by atoms with Crippen LogP contribution in [-0.2, 0) is 4.74 Å². The molecule has 2 nitrogen and oxygen atoms in total. The van der Waals surface area contributed by atoms with E-state index >= 15 is 0 Å². The topological polar surface area (TPSA) is 12.5 Å². The van der Waals surface area contributed by atoms with Gasteiger partial charge in [-0.1, -0.05) is 19.9 Å². The van der Waals surface area contributed by atoms with Crippen LogP contribution in [0.25, 0.3) is 0 Å². The van der Waals surface area contributed by atoms with E-state index in [1.807, 2.05) is 13.0 Å². The molecular formula is C12H25NO. The molecule has 0 aromatic heterocycles. The van der Waals surface area contributed by atoms with Gasteiger partial charge in [-0.05, 0) is 39.3 Å². The summed E-state index contributed by atoms with van der Waals surface area (Å²) in [4.78, 5) is 2.51. The maximum Gasteiger partial charge on any atom is 0.0885 e. The molecule has 0 saturated heterocycles. The summed E-state index contributed by atoms with van der Waals surface area (Å²) in [5.41, 5.74) is 0. The normalized spacial score (nSPS) is 11.4. The monoisotopic (exact) mass is 199 g/mol. The number of ether oxygens (including phenoxy) is 1. The van der Waals surface area contributed by atoms with Crippen LogP contribution in [0.4, 0.5) is 0 Å². The van der Waals surface area contributed by atoms with Crippen LogP contribution >= 0.6 is 0 Å². The van der Waals surface area contributed by atoms with Gasteiger partial charge in [-0.3, -0.25) is 0 Å². The first-order valence-corrected chi connectivity index (χ1v) is 5.80. The van der Waals surface area contributed by atoms with Gasteiger partial charge in [-0.15, -0.1) is 0 Å². The van der Waals surface area contributed by atoms with Crippen LogP contribution in [0, 0.1) is 0 Å². The second-order valence-electron chi connectivity index (χ2n) is 3.54. The third-order valence-electron chi connectivity index (χ3n) is 2.05. The molecule has 0 atom stereocenters. The predicted octanol–water partition coefficient (Wildman–Crippen LogP) is 3.05. The molecule has 0 aliphatic carbocycles. The zero-order valence-electron chi connectivity index (χ0n) is 9.96. The molecule has 0 bridgehead atoms. The van der Waals surface area contributed by atoms with Crippen molar-refractivity contribution in [3.63, 3.8) is 0 Å². The van der Waals surface area contributed by atoms with Crippen LogP contribution in [0.2, 0.25) is 0 Å². The van der Waals surface area contributed by atoms with Gasteiger partial charge >= 0.3 is 0 Å². The number of hydrogen-bond acceptors (Lipinski definition) is 2. The van der Waals surface area contributed by atoms with E-state index in [0.29, 0.717) is 0 Å². The Morgan fingerprint density at radius 3 is 2.21 bits per heavy atom. The Labute approximate surface area is 88.9 Å². The van der Waals surface area contributed by atoms with Gasteiger partial charge in [-0.2, -0.15) is 0 Å². The Bertz CT molecular complexity index is 128. The fraction of sp³-hybridized carbons (Fsp3) is 0.833. The van der Waals surface area contributed by atoms with Crippen molar-refractivity contribution in [1.82, 2.24) is 4.90 Å². The van der Waals surface area contributed by atoms with Crippen LogP contribution in [0.5, 0.6) is 0 Å². The summed E-state index contributed by atoms with van der Waals surface area (Å²) in [5.74, 6) is 0. The lowest BCUT2D eigenvalue weighted by molar-refractivity contribution is 0.204. The van der Waals surface area contributed by atoms with E-state index in [2.05, 4.69) is 18.7 Å². The van der Waals surface area contributed by atoms with Gasteiger partial charge in [0.1, 0.15) is 0 Å². The molecule has 0 aliphatic heterocycles. The first-order valence-electron chi connectivity index (χ1n) is 5.80. The second-order valence-corrected chi connectivity index (χ2v) is 3.54. The molecule has 0 N–H and O–H groups in total. The molecule has 0 aromatic carbocycles. The van der Waals surface area contributed by atoms with Gasteiger partial charge in [0.2, 0.25) is 0 Å². The molecule has 0 aromatic rings. The highest BCUT2D eigenvalue weighted by molar-refractivity contribution is 4.65. The Kier molecular flexibility index (Phi) is 10.2. The van der Waals surface area contributed by atoms with Crippen molar-refractivity contribution in [1.29, 1.82) is 0 Å². The maximum atomic E-state index is 5.28. The average molecular weight is 199 g/mol. The minimum atomic E-state index is 0.842. The minimum absolute atomic E-state index is 0.842. The highest BCUT2D eigenvalue weighted by Crippen LogP contribution is 1.96. The summed E-state index contributed by atoms with van der Waals surface area (Å²) in [6, 6.07) is 0. The van der Waals surface area contributed by atoms with E-state index in [9.17, 15) is 0 Å². The van der Waals surface area contributed by atoms with E-state index in [4.69, 9.17) is 4.74 Å². The first-order chi connectivity index (χ1) is 6.85.